The lowest BCUT2D eigenvalue weighted by Gasteiger charge is -2.32. The topological polar surface area (TPSA) is 58.9 Å². The quantitative estimate of drug-likeness (QED) is 0.675. The largest absolute Gasteiger partial charge is 0.325 e. The summed E-state index contributed by atoms with van der Waals surface area (Å²) in [5.41, 5.74) is 4.90. The molecule has 6 nitrogen and oxygen atoms in total. The van der Waals surface area contributed by atoms with E-state index in [-0.39, 0.29) is 0 Å². The number of nitrogens with one attached hydrogen (secondary N) is 1. The number of hydrogen-bond donors (Lipinski definition) is 1. The van der Waals surface area contributed by atoms with E-state index in [1.165, 1.54) is 24.1 Å². The minimum atomic E-state index is 0.455. The van der Waals surface area contributed by atoms with E-state index in [1.54, 1.807) is 6.20 Å². The van der Waals surface area contributed by atoms with Crippen molar-refractivity contribution in [2.75, 3.05) is 18.4 Å². The Bertz CT molecular complexity index is 964. The van der Waals surface area contributed by atoms with Crippen molar-refractivity contribution in [3.8, 4) is 0 Å². The van der Waals surface area contributed by atoms with Crippen LogP contribution in [0.15, 0.2) is 42.7 Å². The van der Waals surface area contributed by atoms with Gasteiger partial charge >= 0.3 is 0 Å². The summed E-state index contributed by atoms with van der Waals surface area (Å²) < 4.78 is 2.08. The fourth-order valence-electron chi connectivity index (χ4n) is 4.13. The molecule has 1 aliphatic rings. The Morgan fingerprint density at radius 3 is 2.86 bits per heavy atom. The number of aromatic nitrogens is 4. The van der Waals surface area contributed by atoms with Crippen LogP contribution in [0.5, 0.6) is 0 Å². The number of anilines is 2. The van der Waals surface area contributed by atoms with Crippen LogP contribution in [0.2, 0.25) is 0 Å². The van der Waals surface area contributed by atoms with Crippen molar-refractivity contribution in [1.82, 2.24) is 24.6 Å². The molecular weight excluding hydrogens is 360 g/mol. The van der Waals surface area contributed by atoms with Gasteiger partial charge in [0.15, 0.2) is 0 Å². The minimum absolute atomic E-state index is 0.455. The molecule has 0 spiro atoms. The molecule has 4 rings (SSSR count). The molecule has 4 heterocycles. The third-order valence-electron chi connectivity index (χ3n) is 5.85. The van der Waals surface area contributed by atoms with Gasteiger partial charge in [0.25, 0.3) is 0 Å². The first kappa shape index (κ1) is 19.6. The average molecular weight is 391 g/mol. The van der Waals surface area contributed by atoms with E-state index >= 15 is 0 Å². The number of rotatable bonds is 6. The predicted octanol–water partition coefficient (Wildman–Crippen LogP) is 4.43. The lowest BCUT2D eigenvalue weighted by molar-refractivity contribution is 0.198. The van der Waals surface area contributed by atoms with Crippen LogP contribution in [0.25, 0.3) is 0 Å². The van der Waals surface area contributed by atoms with E-state index in [4.69, 9.17) is 4.98 Å². The Balaban J connectivity index is 1.45. The molecule has 0 amide bonds. The maximum Gasteiger partial charge on any atom is 0.134 e. The van der Waals surface area contributed by atoms with E-state index < -0.39 is 0 Å². The fraction of sp³-hybridized carbons (Fsp3) is 0.435. The van der Waals surface area contributed by atoms with Gasteiger partial charge in [-0.2, -0.15) is 5.10 Å². The molecule has 1 N–H and O–H groups in total. The summed E-state index contributed by atoms with van der Waals surface area (Å²) in [6.07, 6.45) is 6.22. The van der Waals surface area contributed by atoms with E-state index in [1.807, 2.05) is 18.3 Å². The van der Waals surface area contributed by atoms with E-state index in [0.29, 0.717) is 5.92 Å². The monoisotopic (exact) mass is 390 g/mol. The van der Waals surface area contributed by atoms with Gasteiger partial charge in [-0.25, -0.2) is 9.97 Å². The van der Waals surface area contributed by atoms with Crippen LogP contribution in [0.3, 0.4) is 0 Å². The second kappa shape index (κ2) is 8.74. The van der Waals surface area contributed by atoms with Crippen molar-refractivity contribution in [3.63, 3.8) is 0 Å². The number of nitrogens with zero attached hydrogens (tertiary/aromatic N) is 5. The Labute approximate surface area is 173 Å². The van der Waals surface area contributed by atoms with Crippen molar-refractivity contribution >= 4 is 11.6 Å². The van der Waals surface area contributed by atoms with Crippen LogP contribution in [0.4, 0.5) is 11.6 Å². The predicted molar refractivity (Wildman–Crippen MR) is 116 cm³/mol. The Hall–Kier alpha value is -2.73. The van der Waals surface area contributed by atoms with Gasteiger partial charge in [-0.3, -0.25) is 9.58 Å². The van der Waals surface area contributed by atoms with Crippen molar-refractivity contribution in [2.45, 2.75) is 52.6 Å². The molecule has 152 valence electrons. The molecule has 1 atom stereocenters. The van der Waals surface area contributed by atoms with Crippen LogP contribution in [-0.2, 0) is 13.1 Å². The second-order valence-electron chi connectivity index (χ2n) is 7.89. The maximum absolute atomic E-state index is 4.91. The Morgan fingerprint density at radius 1 is 1.17 bits per heavy atom. The Kier molecular flexibility index (Phi) is 5.90. The van der Waals surface area contributed by atoms with Crippen LogP contribution in [-0.4, -0.2) is 37.7 Å². The molecule has 0 radical (unpaired) electrons. The summed E-state index contributed by atoms with van der Waals surface area (Å²) in [6.45, 7) is 10.4. The standard InChI is InChI=1S/C23H30N6/c1-4-29-18(3)20(14-25-29)16-28-13-7-9-19(15-28)21-10-5-11-22(26-21)27-23-17(2)8-6-12-24-23/h5-6,8,10-12,14,19H,4,7,9,13,15-16H2,1-3H3,(H,24,26,27)/t19-/m0/s1. The highest BCUT2D eigenvalue weighted by molar-refractivity contribution is 5.55. The van der Waals surface area contributed by atoms with E-state index in [9.17, 15) is 0 Å². The number of pyridine rings is 2. The van der Waals surface area contributed by atoms with Crippen LogP contribution in [0.1, 0.15) is 48.2 Å². The zero-order valence-corrected chi connectivity index (χ0v) is 17.6. The summed E-state index contributed by atoms with van der Waals surface area (Å²) >= 11 is 0. The molecule has 0 saturated carbocycles. The molecule has 6 heteroatoms. The molecule has 0 unspecified atom stereocenters. The van der Waals surface area contributed by atoms with Crippen molar-refractivity contribution < 1.29 is 0 Å². The van der Waals surface area contributed by atoms with Crippen LogP contribution >= 0.6 is 0 Å². The van der Waals surface area contributed by atoms with Gasteiger partial charge < -0.3 is 5.32 Å². The smallest absolute Gasteiger partial charge is 0.134 e. The average Bonchev–Trinajstić information content (AvgIpc) is 3.09. The third-order valence-corrected chi connectivity index (χ3v) is 5.85. The lowest BCUT2D eigenvalue weighted by Crippen LogP contribution is -2.34. The van der Waals surface area contributed by atoms with Gasteiger partial charge in [-0.1, -0.05) is 12.1 Å². The molecule has 1 fully saturated rings. The van der Waals surface area contributed by atoms with Crippen molar-refractivity contribution in [2.24, 2.45) is 0 Å². The van der Waals surface area contributed by atoms with E-state index in [2.05, 4.69) is 64.0 Å². The van der Waals surface area contributed by atoms with Gasteiger partial charge in [0.05, 0.1) is 6.20 Å². The summed E-state index contributed by atoms with van der Waals surface area (Å²) in [7, 11) is 0. The first-order valence-corrected chi connectivity index (χ1v) is 10.5. The molecular formula is C23H30N6. The molecule has 0 aliphatic carbocycles. The second-order valence-corrected chi connectivity index (χ2v) is 7.89. The zero-order valence-electron chi connectivity index (χ0n) is 17.6. The SMILES string of the molecule is CCn1ncc(CN2CCC[C@H](c3cccc(Nc4ncccc4C)n3)C2)c1C. The molecule has 3 aromatic heterocycles. The molecule has 0 bridgehead atoms. The van der Waals surface area contributed by atoms with Gasteiger partial charge in [-0.15, -0.1) is 0 Å². The number of aryl methyl sites for hydroxylation is 2. The number of likely N-dealkylation sites (tertiary alicyclic amines) is 1. The summed E-state index contributed by atoms with van der Waals surface area (Å²) in [4.78, 5) is 11.9. The minimum Gasteiger partial charge on any atom is -0.325 e. The zero-order chi connectivity index (χ0) is 20.2. The normalized spacial score (nSPS) is 17.4. The molecule has 0 aromatic carbocycles. The third kappa shape index (κ3) is 4.48. The van der Waals surface area contributed by atoms with Crippen LogP contribution < -0.4 is 5.32 Å². The van der Waals surface area contributed by atoms with Crippen LogP contribution in [0, 0.1) is 13.8 Å². The molecule has 1 saturated heterocycles. The molecule has 3 aromatic rings. The number of hydrogen-bond acceptors (Lipinski definition) is 5. The number of piperidine rings is 1. The lowest BCUT2D eigenvalue weighted by atomic mass is 9.94. The first-order chi connectivity index (χ1) is 14.1. The maximum atomic E-state index is 4.91. The Morgan fingerprint density at radius 2 is 2.07 bits per heavy atom. The van der Waals surface area contributed by atoms with Crippen molar-refractivity contribution in [3.05, 3.63) is 65.2 Å². The van der Waals surface area contributed by atoms with Gasteiger partial charge in [0.2, 0.25) is 0 Å². The highest BCUT2D eigenvalue weighted by atomic mass is 15.3. The van der Waals surface area contributed by atoms with E-state index in [0.717, 1.165) is 49.1 Å². The van der Waals surface area contributed by atoms with Crippen molar-refractivity contribution in [1.29, 1.82) is 0 Å². The first-order valence-electron chi connectivity index (χ1n) is 10.5. The summed E-state index contributed by atoms with van der Waals surface area (Å²) in [5.74, 6) is 2.18. The van der Waals surface area contributed by atoms with Gasteiger partial charge in [0, 0.05) is 48.7 Å². The van der Waals surface area contributed by atoms with Gasteiger partial charge in [0.1, 0.15) is 11.6 Å². The molecule has 29 heavy (non-hydrogen) atoms. The summed E-state index contributed by atoms with van der Waals surface area (Å²) in [5, 5.41) is 7.87. The fourth-order valence-corrected chi connectivity index (χ4v) is 4.13. The highest BCUT2D eigenvalue weighted by Gasteiger charge is 2.23. The highest BCUT2D eigenvalue weighted by Crippen LogP contribution is 2.28. The summed E-state index contributed by atoms with van der Waals surface area (Å²) in [6, 6.07) is 10.3. The van der Waals surface area contributed by atoms with Gasteiger partial charge in [-0.05, 0) is 63.9 Å². The molecule has 1 aliphatic heterocycles.